The number of hydrogen-bond donors (Lipinski definition) is 2. The number of carbonyl (C=O) groups is 1. The summed E-state index contributed by atoms with van der Waals surface area (Å²) in [7, 11) is 0. The molecule has 2 rings (SSSR count). The molecule has 0 atom stereocenters. The molecule has 3 nitrogen and oxygen atoms in total. The van der Waals surface area contributed by atoms with E-state index in [9.17, 15) is 4.79 Å². The van der Waals surface area contributed by atoms with Crippen LogP contribution in [0.3, 0.4) is 0 Å². The molecule has 0 aromatic heterocycles. The second-order valence-electron chi connectivity index (χ2n) is 3.99. The molecular formula is C15H16N2O. The highest BCUT2D eigenvalue weighted by Gasteiger charge is 2.12. The predicted molar refractivity (Wildman–Crippen MR) is 74.6 cm³/mol. The van der Waals surface area contributed by atoms with Crippen LogP contribution in [0.15, 0.2) is 48.5 Å². The molecule has 3 N–H and O–H groups in total. The van der Waals surface area contributed by atoms with Crippen LogP contribution in [-0.4, -0.2) is 12.5 Å². The van der Waals surface area contributed by atoms with E-state index in [1.165, 1.54) is 0 Å². The molecule has 0 aliphatic heterocycles. The maximum absolute atomic E-state index is 11.5. The van der Waals surface area contributed by atoms with Crippen molar-refractivity contribution in [1.29, 1.82) is 0 Å². The minimum atomic E-state index is -0.413. The third-order valence-electron chi connectivity index (χ3n) is 2.77. The Hall–Kier alpha value is -2.29. The number of primary amides is 1. The summed E-state index contributed by atoms with van der Waals surface area (Å²) in [5.41, 5.74) is 8.80. The van der Waals surface area contributed by atoms with Gasteiger partial charge in [-0.3, -0.25) is 4.79 Å². The van der Waals surface area contributed by atoms with Crippen LogP contribution in [0.25, 0.3) is 11.1 Å². The van der Waals surface area contributed by atoms with E-state index in [-0.39, 0.29) is 0 Å². The second kappa shape index (κ2) is 5.36. The first-order chi connectivity index (χ1) is 8.74. The lowest BCUT2D eigenvalue weighted by atomic mass is 9.99. The van der Waals surface area contributed by atoms with Crippen molar-refractivity contribution in [1.82, 2.24) is 0 Å². The molecule has 2 aromatic carbocycles. The van der Waals surface area contributed by atoms with E-state index in [0.717, 1.165) is 23.4 Å². The molecule has 18 heavy (non-hydrogen) atoms. The average Bonchev–Trinajstić information content (AvgIpc) is 2.40. The molecule has 2 aromatic rings. The fraction of sp³-hybridized carbons (Fsp3) is 0.133. The van der Waals surface area contributed by atoms with Gasteiger partial charge in [0, 0.05) is 12.1 Å². The second-order valence-corrected chi connectivity index (χ2v) is 3.99. The Labute approximate surface area is 107 Å². The zero-order valence-corrected chi connectivity index (χ0v) is 10.3. The largest absolute Gasteiger partial charge is 0.384 e. The number of para-hydroxylation sites is 1. The number of nitrogens with two attached hydrogens (primary N) is 1. The Kier molecular flexibility index (Phi) is 3.63. The number of hydrogen-bond acceptors (Lipinski definition) is 2. The third-order valence-corrected chi connectivity index (χ3v) is 2.77. The van der Waals surface area contributed by atoms with Crippen LogP contribution in [0.2, 0.25) is 0 Å². The van der Waals surface area contributed by atoms with E-state index in [2.05, 4.69) is 5.32 Å². The minimum absolute atomic E-state index is 0.413. The summed E-state index contributed by atoms with van der Waals surface area (Å²) in [4.78, 5) is 11.5. The lowest BCUT2D eigenvalue weighted by Gasteiger charge is -2.14. The molecule has 0 saturated heterocycles. The molecule has 92 valence electrons. The van der Waals surface area contributed by atoms with Gasteiger partial charge in [0.05, 0.1) is 11.3 Å². The fourth-order valence-corrected chi connectivity index (χ4v) is 1.98. The number of amides is 1. The molecule has 0 heterocycles. The molecule has 0 fully saturated rings. The van der Waals surface area contributed by atoms with Gasteiger partial charge >= 0.3 is 0 Å². The molecular weight excluding hydrogens is 224 g/mol. The molecule has 0 radical (unpaired) electrons. The minimum Gasteiger partial charge on any atom is -0.384 e. The Morgan fingerprint density at radius 3 is 2.44 bits per heavy atom. The van der Waals surface area contributed by atoms with Crippen LogP contribution in [0.1, 0.15) is 17.3 Å². The van der Waals surface area contributed by atoms with Gasteiger partial charge in [0.15, 0.2) is 0 Å². The van der Waals surface area contributed by atoms with Crippen molar-refractivity contribution < 1.29 is 4.79 Å². The van der Waals surface area contributed by atoms with Gasteiger partial charge in [-0.2, -0.15) is 0 Å². The highest BCUT2D eigenvalue weighted by atomic mass is 16.1. The Morgan fingerprint density at radius 2 is 1.83 bits per heavy atom. The summed E-state index contributed by atoms with van der Waals surface area (Å²) in [6.45, 7) is 2.73. The van der Waals surface area contributed by atoms with E-state index in [0.29, 0.717) is 5.56 Å². The summed E-state index contributed by atoms with van der Waals surface area (Å²) in [6.07, 6.45) is 0. The Bertz CT molecular complexity index is 550. The van der Waals surface area contributed by atoms with E-state index in [1.807, 2.05) is 49.4 Å². The molecule has 0 bridgehead atoms. The van der Waals surface area contributed by atoms with Crippen molar-refractivity contribution in [2.24, 2.45) is 5.73 Å². The molecule has 0 saturated carbocycles. The number of carbonyl (C=O) groups excluding carboxylic acids is 1. The first-order valence-corrected chi connectivity index (χ1v) is 5.96. The zero-order chi connectivity index (χ0) is 13.0. The van der Waals surface area contributed by atoms with Gasteiger partial charge in [-0.05, 0) is 18.6 Å². The van der Waals surface area contributed by atoms with Crippen LogP contribution >= 0.6 is 0 Å². The standard InChI is InChI=1S/C15H16N2O/c1-2-17-14-12(11-7-4-3-5-8-11)9-6-10-13(14)15(16)18/h3-10,17H,2H2,1H3,(H2,16,18). The summed E-state index contributed by atoms with van der Waals surface area (Å²) >= 11 is 0. The summed E-state index contributed by atoms with van der Waals surface area (Å²) in [6, 6.07) is 15.5. The van der Waals surface area contributed by atoms with Crippen LogP contribution in [0.5, 0.6) is 0 Å². The maximum atomic E-state index is 11.5. The van der Waals surface area contributed by atoms with Gasteiger partial charge in [0.2, 0.25) is 0 Å². The molecule has 0 aliphatic rings. The summed E-state index contributed by atoms with van der Waals surface area (Å²) in [5.74, 6) is -0.413. The first kappa shape index (κ1) is 12.2. The highest BCUT2D eigenvalue weighted by molar-refractivity contribution is 6.02. The van der Waals surface area contributed by atoms with Crippen molar-refractivity contribution in [3.63, 3.8) is 0 Å². The van der Waals surface area contributed by atoms with Gasteiger partial charge in [-0.25, -0.2) is 0 Å². The molecule has 1 amide bonds. The monoisotopic (exact) mass is 240 g/mol. The zero-order valence-electron chi connectivity index (χ0n) is 10.3. The van der Waals surface area contributed by atoms with Gasteiger partial charge in [-0.15, -0.1) is 0 Å². The number of benzene rings is 2. The normalized spacial score (nSPS) is 10.1. The van der Waals surface area contributed by atoms with Crippen molar-refractivity contribution >= 4 is 11.6 Å². The van der Waals surface area contributed by atoms with E-state index in [1.54, 1.807) is 6.07 Å². The fourth-order valence-electron chi connectivity index (χ4n) is 1.98. The lowest BCUT2D eigenvalue weighted by molar-refractivity contribution is 0.100. The SMILES string of the molecule is CCNc1c(C(N)=O)cccc1-c1ccccc1. The topological polar surface area (TPSA) is 55.1 Å². The smallest absolute Gasteiger partial charge is 0.250 e. The van der Waals surface area contributed by atoms with Crippen LogP contribution in [-0.2, 0) is 0 Å². The highest BCUT2D eigenvalue weighted by Crippen LogP contribution is 2.30. The summed E-state index contributed by atoms with van der Waals surface area (Å²) in [5, 5.41) is 3.22. The molecule has 0 spiro atoms. The van der Waals surface area contributed by atoms with Crippen LogP contribution in [0, 0.1) is 0 Å². The molecule has 0 aliphatic carbocycles. The number of anilines is 1. The van der Waals surface area contributed by atoms with E-state index < -0.39 is 5.91 Å². The maximum Gasteiger partial charge on any atom is 0.250 e. The predicted octanol–water partition coefficient (Wildman–Crippen LogP) is 2.88. The number of nitrogens with one attached hydrogen (secondary N) is 1. The van der Waals surface area contributed by atoms with Crippen LogP contribution < -0.4 is 11.1 Å². The van der Waals surface area contributed by atoms with Crippen molar-refractivity contribution in [2.45, 2.75) is 6.92 Å². The third kappa shape index (κ3) is 2.35. The van der Waals surface area contributed by atoms with Crippen LogP contribution in [0.4, 0.5) is 5.69 Å². The first-order valence-electron chi connectivity index (χ1n) is 5.96. The van der Waals surface area contributed by atoms with Crippen molar-refractivity contribution in [3.05, 3.63) is 54.1 Å². The van der Waals surface area contributed by atoms with Gasteiger partial charge in [-0.1, -0.05) is 42.5 Å². The molecule has 3 heteroatoms. The van der Waals surface area contributed by atoms with Crippen molar-refractivity contribution in [3.8, 4) is 11.1 Å². The molecule has 0 unspecified atom stereocenters. The average molecular weight is 240 g/mol. The number of rotatable bonds is 4. The van der Waals surface area contributed by atoms with Gasteiger partial charge < -0.3 is 11.1 Å². The quantitative estimate of drug-likeness (QED) is 0.863. The Balaban J connectivity index is 2.60. The lowest BCUT2D eigenvalue weighted by Crippen LogP contribution is -2.15. The van der Waals surface area contributed by atoms with E-state index >= 15 is 0 Å². The van der Waals surface area contributed by atoms with E-state index in [4.69, 9.17) is 5.73 Å². The van der Waals surface area contributed by atoms with Gasteiger partial charge in [0.1, 0.15) is 0 Å². The Morgan fingerprint density at radius 1 is 1.11 bits per heavy atom. The van der Waals surface area contributed by atoms with Crippen molar-refractivity contribution in [2.75, 3.05) is 11.9 Å². The summed E-state index contributed by atoms with van der Waals surface area (Å²) < 4.78 is 0. The van der Waals surface area contributed by atoms with Gasteiger partial charge in [0.25, 0.3) is 5.91 Å².